The molecule has 0 aromatic carbocycles. The minimum Gasteiger partial charge on any atom is -0.478 e. The van der Waals surface area contributed by atoms with Crippen LogP contribution in [-0.4, -0.2) is 27.1 Å². The molecule has 0 amide bonds. The molecule has 2 aromatic rings. The number of nitriles is 1. The molecule has 0 radical (unpaired) electrons. The maximum atomic E-state index is 13.8. The van der Waals surface area contributed by atoms with Crippen LogP contribution in [-0.2, 0) is 0 Å². The molecule has 116 valence electrons. The Kier molecular flexibility index (Phi) is 3.76. The van der Waals surface area contributed by atoms with Crippen LogP contribution >= 0.6 is 0 Å². The number of anilines is 3. The molecule has 3 rings (SSSR count). The predicted molar refractivity (Wildman–Crippen MR) is 80.0 cm³/mol. The highest BCUT2D eigenvalue weighted by Gasteiger charge is 2.23. The van der Waals surface area contributed by atoms with E-state index in [1.54, 1.807) is 6.07 Å². The van der Waals surface area contributed by atoms with Crippen molar-refractivity contribution in [2.75, 3.05) is 10.6 Å². The lowest BCUT2D eigenvalue weighted by Gasteiger charge is -2.11. The third kappa shape index (κ3) is 3.35. The van der Waals surface area contributed by atoms with Gasteiger partial charge in [0.05, 0.1) is 11.3 Å². The molecule has 1 aliphatic rings. The molecule has 0 unspecified atom stereocenters. The van der Waals surface area contributed by atoms with Crippen molar-refractivity contribution < 1.29 is 14.3 Å². The molecule has 0 atom stereocenters. The van der Waals surface area contributed by atoms with Gasteiger partial charge in [0.25, 0.3) is 0 Å². The van der Waals surface area contributed by atoms with Crippen molar-refractivity contribution in [1.82, 2.24) is 9.97 Å². The van der Waals surface area contributed by atoms with Crippen LogP contribution in [0.15, 0.2) is 24.5 Å². The predicted octanol–water partition coefficient (Wildman–Crippen LogP) is 2.50. The molecule has 23 heavy (non-hydrogen) atoms. The summed E-state index contributed by atoms with van der Waals surface area (Å²) in [6.07, 6.45) is 4.41. The number of rotatable bonds is 5. The molecule has 0 saturated heterocycles. The van der Waals surface area contributed by atoms with E-state index in [-0.39, 0.29) is 28.8 Å². The van der Waals surface area contributed by atoms with Crippen molar-refractivity contribution in [3.05, 3.63) is 41.5 Å². The van der Waals surface area contributed by atoms with Crippen LogP contribution in [0.5, 0.6) is 0 Å². The first kappa shape index (κ1) is 14.7. The average molecular weight is 313 g/mol. The molecular weight excluding hydrogens is 301 g/mol. The van der Waals surface area contributed by atoms with Gasteiger partial charge < -0.3 is 15.7 Å². The molecule has 1 saturated carbocycles. The molecule has 8 heteroatoms. The van der Waals surface area contributed by atoms with Crippen molar-refractivity contribution >= 4 is 23.3 Å². The van der Waals surface area contributed by atoms with Gasteiger partial charge in [0, 0.05) is 24.5 Å². The minimum atomic E-state index is -1.09. The molecule has 0 aliphatic heterocycles. The van der Waals surface area contributed by atoms with Crippen LogP contribution < -0.4 is 10.6 Å². The van der Waals surface area contributed by atoms with Gasteiger partial charge in [0.15, 0.2) is 11.6 Å². The second-order valence-electron chi connectivity index (χ2n) is 5.13. The van der Waals surface area contributed by atoms with Crippen LogP contribution in [0.2, 0.25) is 0 Å². The average Bonchev–Trinajstić information content (AvgIpc) is 3.33. The number of nitrogens with one attached hydrogen (secondary N) is 2. The van der Waals surface area contributed by atoms with E-state index in [4.69, 9.17) is 5.26 Å². The number of carboxylic acids is 1. The fourth-order valence-electron chi connectivity index (χ4n) is 1.97. The van der Waals surface area contributed by atoms with Gasteiger partial charge in [-0.25, -0.2) is 19.2 Å². The molecule has 1 fully saturated rings. The first-order valence-electron chi connectivity index (χ1n) is 6.89. The number of aromatic nitrogens is 2. The number of halogens is 1. The molecule has 0 spiro atoms. The van der Waals surface area contributed by atoms with Crippen molar-refractivity contribution in [1.29, 1.82) is 5.26 Å². The number of pyridine rings is 2. The number of aromatic carboxylic acids is 1. The zero-order valence-corrected chi connectivity index (χ0v) is 11.9. The van der Waals surface area contributed by atoms with Crippen LogP contribution in [0.1, 0.15) is 28.8 Å². The Morgan fingerprint density at radius 1 is 1.35 bits per heavy atom. The summed E-state index contributed by atoms with van der Waals surface area (Å²) in [4.78, 5) is 19.0. The Morgan fingerprint density at radius 2 is 2.13 bits per heavy atom. The van der Waals surface area contributed by atoms with Gasteiger partial charge in [-0.15, -0.1) is 0 Å². The summed E-state index contributed by atoms with van der Waals surface area (Å²) in [6, 6.07) is 4.61. The van der Waals surface area contributed by atoms with Gasteiger partial charge in [0.1, 0.15) is 17.5 Å². The lowest BCUT2D eigenvalue weighted by molar-refractivity contribution is 0.0697. The maximum Gasteiger partial charge on any atom is 0.339 e. The van der Waals surface area contributed by atoms with E-state index in [1.807, 2.05) is 0 Å². The Labute approximate surface area is 130 Å². The maximum absolute atomic E-state index is 13.8. The fraction of sp³-hybridized carbons (Fsp3) is 0.200. The van der Waals surface area contributed by atoms with E-state index in [2.05, 4.69) is 20.6 Å². The Balaban J connectivity index is 1.88. The van der Waals surface area contributed by atoms with Crippen LogP contribution in [0, 0.1) is 17.1 Å². The van der Waals surface area contributed by atoms with Gasteiger partial charge in [-0.3, -0.25) is 0 Å². The summed E-state index contributed by atoms with van der Waals surface area (Å²) in [5.74, 6) is -1.61. The number of hydrogen-bond acceptors (Lipinski definition) is 6. The first-order valence-corrected chi connectivity index (χ1v) is 6.89. The molecular formula is C15H12FN5O2. The summed E-state index contributed by atoms with van der Waals surface area (Å²) >= 11 is 0. The lowest BCUT2D eigenvalue weighted by atomic mass is 10.2. The Bertz CT molecular complexity index is 814. The second kappa shape index (κ2) is 5.88. The number of hydrogen-bond donors (Lipinski definition) is 3. The summed E-state index contributed by atoms with van der Waals surface area (Å²) in [7, 11) is 0. The highest BCUT2D eigenvalue weighted by Crippen LogP contribution is 2.28. The quantitative estimate of drug-likeness (QED) is 0.777. The normalized spacial score (nSPS) is 13.2. The topological polar surface area (TPSA) is 111 Å². The van der Waals surface area contributed by atoms with Crippen LogP contribution in [0.25, 0.3) is 0 Å². The monoisotopic (exact) mass is 313 g/mol. The summed E-state index contributed by atoms with van der Waals surface area (Å²) < 4.78 is 13.8. The van der Waals surface area contributed by atoms with Gasteiger partial charge in [0.2, 0.25) is 0 Å². The summed E-state index contributed by atoms with van der Waals surface area (Å²) in [5.41, 5.74) is 0.584. The van der Waals surface area contributed by atoms with Crippen molar-refractivity contribution in [2.45, 2.75) is 18.9 Å². The summed E-state index contributed by atoms with van der Waals surface area (Å²) in [6.45, 7) is 0. The summed E-state index contributed by atoms with van der Waals surface area (Å²) in [5, 5.41) is 23.7. The molecule has 1 aliphatic carbocycles. The second-order valence-corrected chi connectivity index (χ2v) is 5.13. The number of carboxylic acid groups (broad SMARTS) is 1. The number of nitrogens with zero attached hydrogens (tertiary/aromatic N) is 3. The molecule has 2 aromatic heterocycles. The molecule has 3 N–H and O–H groups in total. The SMILES string of the molecule is N#Cc1cnc(Nc2cc(NC3CC3)c(C(=O)O)cn2)c(F)c1. The van der Waals surface area contributed by atoms with Gasteiger partial charge in [-0.1, -0.05) is 0 Å². The van der Waals surface area contributed by atoms with Crippen molar-refractivity contribution in [3.8, 4) is 6.07 Å². The van der Waals surface area contributed by atoms with E-state index in [9.17, 15) is 14.3 Å². The largest absolute Gasteiger partial charge is 0.478 e. The van der Waals surface area contributed by atoms with Gasteiger partial charge >= 0.3 is 5.97 Å². The van der Waals surface area contributed by atoms with E-state index in [0.29, 0.717) is 5.69 Å². The van der Waals surface area contributed by atoms with E-state index in [0.717, 1.165) is 18.9 Å². The molecule has 7 nitrogen and oxygen atoms in total. The van der Waals surface area contributed by atoms with E-state index in [1.165, 1.54) is 18.5 Å². The molecule has 2 heterocycles. The Morgan fingerprint density at radius 3 is 2.74 bits per heavy atom. The highest BCUT2D eigenvalue weighted by molar-refractivity contribution is 5.94. The third-order valence-electron chi connectivity index (χ3n) is 3.29. The van der Waals surface area contributed by atoms with Crippen molar-refractivity contribution in [2.24, 2.45) is 0 Å². The lowest BCUT2D eigenvalue weighted by Crippen LogP contribution is -2.10. The van der Waals surface area contributed by atoms with Crippen LogP contribution in [0.3, 0.4) is 0 Å². The van der Waals surface area contributed by atoms with E-state index >= 15 is 0 Å². The van der Waals surface area contributed by atoms with Gasteiger partial charge in [-0.2, -0.15) is 5.26 Å². The Hall–Kier alpha value is -3.21. The highest BCUT2D eigenvalue weighted by atomic mass is 19.1. The molecule has 0 bridgehead atoms. The van der Waals surface area contributed by atoms with Crippen molar-refractivity contribution in [3.63, 3.8) is 0 Å². The standard InChI is InChI=1S/C15H12FN5O2/c16-11-3-8(5-17)6-19-14(11)21-13-4-12(20-9-1-2-9)10(7-18-13)15(22)23/h3-4,6-7,9H,1-2H2,(H,22,23)(H2,18,19,20,21). The zero-order valence-electron chi connectivity index (χ0n) is 11.9. The smallest absolute Gasteiger partial charge is 0.339 e. The zero-order chi connectivity index (χ0) is 16.4. The number of carbonyl (C=O) groups is 1. The van der Waals surface area contributed by atoms with Crippen LogP contribution in [0.4, 0.5) is 21.7 Å². The third-order valence-corrected chi connectivity index (χ3v) is 3.29. The fourth-order valence-corrected chi connectivity index (χ4v) is 1.97. The van der Waals surface area contributed by atoms with E-state index < -0.39 is 11.8 Å². The van der Waals surface area contributed by atoms with Gasteiger partial charge in [-0.05, 0) is 18.9 Å². The minimum absolute atomic E-state index is 0.0516. The first-order chi connectivity index (χ1) is 11.1.